The lowest BCUT2D eigenvalue weighted by Crippen LogP contribution is -2.11. The third-order valence-electron chi connectivity index (χ3n) is 5.16. The zero-order chi connectivity index (χ0) is 25.8. The summed E-state index contributed by atoms with van der Waals surface area (Å²) in [5, 5.41) is 21.4. The minimum atomic E-state index is -0.651. The first-order valence-corrected chi connectivity index (χ1v) is 12.9. The average molecular weight is 584 g/mol. The number of nitro groups is 1. The van der Waals surface area contributed by atoms with Gasteiger partial charge in [-0.3, -0.25) is 14.7 Å². The highest BCUT2D eigenvalue weighted by Gasteiger charge is 2.26. The molecule has 7 nitrogen and oxygen atoms in total. The van der Waals surface area contributed by atoms with Crippen molar-refractivity contribution in [1.29, 1.82) is 0 Å². The number of hydrogen-bond donors (Lipinski definition) is 0. The van der Waals surface area contributed by atoms with Gasteiger partial charge in [0.15, 0.2) is 10.9 Å². The number of thioether (sulfide) groups is 1. The van der Waals surface area contributed by atoms with Crippen molar-refractivity contribution in [3.05, 3.63) is 108 Å². The number of halogens is 4. The first kappa shape index (κ1) is 26.6. The Balaban J connectivity index is 1.62. The molecule has 4 aromatic rings. The zero-order valence-electron chi connectivity index (χ0n) is 18.7. The Morgan fingerprint density at radius 3 is 2.31 bits per heavy atom. The van der Waals surface area contributed by atoms with Crippen LogP contribution in [0.3, 0.4) is 0 Å². The van der Waals surface area contributed by atoms with Gasteiger partial charge in [-0.2, -0.15) is 0 Å². The van der Waals surface area contributed by atoms with Gasteiger partial charge in [0.25, 0.3) is 0 Å². The van der Waals surface area contributed by atoms with Crippen molar-refractivity contribution in [2.75, 3.05) is 6.54 Å². The monoisotopic (exact) mass is 582 g/mol. The molecule has 0 unspecified atom stereocenters. The Bertz CT molecular complexity index is 1380. The third kappa shape index (κ3) is 6.25. The molecule has 0 saturated carbocycles. The normalized spacial score (nSPS) is 11.9. The van der Waals surface area contributed by atoms with Crippen molar-refractivity contribution in [3.8, 4) is 11.4 Å². The van der Waals surface area contributed by atoms with E-state index in [1.807, 2.05) is 30.3 Å². The van der Waals surface area contributed by atoms with Gasteiger partial charge in [0.05, 0.1) is 10.0 Å². The van der Waals surface area contributed by atoms with Crippen LogP contribution in [0.25, 0.3) is 5.69 Å². The number of nitrogens with zero attached hydrogens (tertiary/aromatic N) is 4. The molecule has 0 aliphatic rings. The van der Waals surface area contributed by atoms with Crippen LogP contribution in [0.15, 0.2) is 65.8 Å². The van der Waals surface area contributed by atoms with Crippen molar-refractivity contribution in [2.45, 2.75) is 23.9 Å². The molecule has 0 N–H and O–H groups in total. The highest BCUT2D eigenvalue weighted by atomic mass is 35.5. The van der Waals surface area contributed by atoms with E-state index in [1.165, 1.54) is 11.8 Å². The molecule has 1 atom stereocenters. The van der Waals surface area contributed by atoms with Gasteiger partial charge >= 0.3 is 0 Å². The molecule has 0 bridgehead atoms. The minimum absolute atomic E-state index is 0.162. The second kappa shape index (κ2) is 11.7. The quantitative estimate of drug-likeness (QED) is 0.113. The number of hydrogen-bond acceptors (Lipinski definition) is 6. The fourth-order valence-electron chi connectivity index (χ4n) is 3.45. The van der Waals surface area contributed by atoms with Crippen molar-refractivity contribution >= 4 is 58.2 Å². The van der Waals surface area contributed by atoms with Gasteiger partial charge in [-0.05, 0) is 55.0 Å². The lowest BCUT2D eigenvalue weighted by atomic mass is 10.1. The number of ether oxygens (including phenoxy) is 1. The first-order valence-electron chi connectivity index (χ1n) is 10.5. The molecule has 0 aliphatic heterocycles. The van der Waals surface area contributed by atoms with Crippen molar-refractivity contribution in [2.24, 2.45) is 0 Å². The van der Waals surface area contributed by atoms with Crippen LogP contribution in [0.5, 0.6) is 5.75 Å². The second-order valence-corrected chi connectivity index (χ2v) is 10.5. The van der Waals surface area contributed by atoms with Crippen molar-refractivity contribution in [3.63, 3.8) is 0 Å². The maximum Gasteiger partial charge on any atom is 0.220 e. The van der Waals surface area contributed by atoms with Gasteiger partial charge in [0.2, 0.25) is 6.54 Å². The van der Waals surface area contributed by atoms with Crippen LogP contribution in [0.2, 0.25) is 20.1 Å². The molecule has 0 fully saturated rings. The smallest absolute Gasteiger partial charge is 0.220 e. The molecule has 0 amide bonds. The van der Waals surface area contributed by atoms with Crippen molar-refractivity contribution in [1.82, 2.24) is 14.8 Å². The van der Waals surface area contributed by atoms with E-state index < -0.39 is 10.2 Å². The van der Waals surface area contributed by atoms with Crippen molar-refractivity contribution < 1.29 is 9.66 Å². The fraction of sp³-hybridized carbons (Fsp3) is 0.167. The van der Waals surface area contributed by atoms with E-state index in [4.69, 9.17) is 51.1 Å². The summed E-state index contributed by atoms with van der Waals surface area (Å²) >= 11 is 26.4. The van der Waals surface area contributed by atoms with Crippen LogP contribution >= 0.6 is 58.2 Å². The van der Waals surface area contributed by atoms with Crippen LogP contribution in [-0.4, -0.2) is 26.2 Å². The van der Waals surface area contributed by atoms with Gasteiger partial charge in [0.1, 0.15) is 17.7 Å². The summed E-state index contributed by atoms with van der Waals surface area (Å²) in [6.45, 7) is 1.58. The van der Waals surface area contributed by atoms with Crippen LogP contribution in [-0.2, 0) is 6.61 Å². The summed E-state index contributed by atoms with van der Waals surface area (Å²) in [6, 6.07) is 17.6. The van der Waals surface area contributed by atoms with E-state index in [1.54, 1.807) is 41.8 Å². The van der Waals surface area contributed by atoms with E-state index in [0.29, 0.717) is 26.6 Å². The highest BCUT2D eigenvalue weighted by molar-refractivity contribution is 7.99. The molecule has 1 aromatic heterocycles. The SMILES string of the molecule is Cc1nnc(S[C@H](C[N+](=O)[O-])c2cc(Cl)c(OCc3ccccc3Cl)c(Cl)c2)n1-c1ccc(Cl)cc1. The Morgan fingerprint density at radius 2 is 1.67 bits per heavy atom. The van der Waals surface area contributed by atoms with Gasteiger partial charge in [-0.15, -0.1) is 10.2 Å². The Labute approximate surface area is 231 Å². The summed E-state index contributed by atoms with van der Waals surface area (Å²) in [5.74, 6) is 0.895. The van der Waals surface area contributed by atoms with Crippen LogP contribution < -0.4 is 4.74 Å². The van der Waals surface area contributed by atoms with Crippen LogP contribution in [0, 0.1) is 17.0 Å². The third-order valence-corrected chi connectivity index (χ3v) is 7.53. The molecule has 12 heteroatoms. The number of benzene rings is 3. The van der Waals surface area contributed by atoms with E-state index in [9.17, 15) is 10.1 Å². The number of aryl methyl sites for hydroxylation is 1. The van der Waals surface area contributed by atoms with Crippen LogP contribution in [0.4, 0.5) is 0 Å². The average Bonchev–Trinajstić information content (AvgIpc) is 3.19. The molecular formula is C24H18Cl4N4O3S. The Kier molecular flexibility index (Phi) is 8.64. The van der Waals surface area contributed by atoms with Gasteiger partial charge in [-0.25, -0.2) is 0 Å². The van der Waals surface area contributed by atoms with Crippen LogP contribution in [0.1, 0.15) is 22.2 Å². The topological polar surface area (TPSA) is 83.1 Å². The van der Waals surface area contributed by atoms with E-state index in [-0.39, 0.29) is 28.9 Å². The predicted molar refractivity (Wildman–Crippen MR) is 144 cm³/mol. The maximum atomic E-state index is 11.5. The summed E-state index contributed by atoms with van der Waals surface area (Å²) in [6.07, 6.45) is 0. The van der Waals surface area contributed by atoms with Gasteiger partial charge in [0, 0.05) is 26.2 Å². The highest BCUT2D eigenvalue weighted by Crippen LogP contribution is 2.42. The van der Waals surface area contributed by atoms with E-state index >= 15 is 0 Å². The van der Waals surface area contributed by atoms with E-state index in [0.717, 1.165) is 11.3 Å². The summed E-state index contributed by atoms with van der Waals surface area (Å²) < 4.78 is 7.64. The summed E-state index contributed by atoms with van der Waals surface area (Å²) in [5.41, 5.74) is 2.11. The zero-order valence-corrected chi connectivity index (χ0v) is 22.5. The molecule has 1 heterocycles. The molecule has 36 heavy (non-hydrogen) atoms. The largest absolute Gasteiger partial charge is 0.486 e. The molecule has 0 spiro atoms. The first-order chi connectivity index (χ1) is 17.2. The van der Waals surface area contributed by atoms with Gasteiger partial charge in [-0.1, -0.05) is 76.4 Å². The lowest BCUT2D eigenvalue weighted by Gasteiger charge is -2.17. The Morgan fingerprint density at radius 1 is 1.00 bits per heavy atom. The predicted octanol–water partition coefficient (Wildman–Crippen LogP) is 7.88. The van der Waals surface area contributed by atoms with E-state index in [2.05, 4.69) is 10.2 Å². The second-order valence-electron chi connectivity index (χ2n) is 7.66. The Hall–Kier alpha value is -2.49. The molecule has 0 saturated heterocycles. The molecular weight excluding hydrogens is 566 g/mol. The molecule has 0 radical (unpaired) electrons. The standard InChI is InChI=1S/C24H18Cl4N4O3S/c1-14-29-30-24(32(14)18-8-6-17(25)7-9-18)36-22(12-31(33)34)16-10-20(27)23(21(28)11-16)35-13-15-4-2-3-5-19(15)26/h2-11,22H,12-13H2,1H3/t22-/m1/s1. The van der Waals surface area contributed by atoms with Gasteiger partial charge < -0.3 is 4.74 Å². The fourth-order valence-corrected chi connectivity index (χ4v) is 5.53. The maximum absolute atomic E-state index is 11.5. The summed E-state index contributed by atoms with van der Waals surface area (Å²) in [4.78, 5) is 11.1. The summed E-state index contributed by atoms with van der Waals surface area (Å²) in [7, 11) is 0. The molecule has 4 rings (SSSR count). The molecule has 0 aliphatic carbocycles. The number of rotatable bonds is 9. The molecule has 3 aromatic carbocycles. The lowest BCUT2D eigenvalue weighted by molar-refractivity contribution is -0.479. The minimum Gasteiger partial charge on any atom is -0.486 e. The number of aromatic nitrogens is 3. The molecule has 186 valence electrons.